The SMILES string of the molecule is CC(CO[P@@]1(=O)OC[C@H]2O[C@@H](n3ccc(=O)[nH]c3=O)C(C)(C)[C@@H]2O1)CC(=O)OC1CCCC1. The molecular weight excluding hydrogens is 455 g/mol. The molecule has 1 aliphatic carbocycles. The molecule has 3 heterocycles. The second-order valence-electron chi connectivity index (χ2n) is 9.64. The number of hydrogen-bond donors (Lipinski definition) is 1. The van der Waals surface area contributed by atoms with Gasteiger partial charge in [-0.05, 0) is 31.6 Å². The summed E-state index contributed by atoms with van der Waals surface area (Å²) in [6.45, 7) is 5.39. The molecule has 12 heteroatoms. The molecule has 1 unspecified atom stereocenters. The second kappa shape index (κ2) is 9.46. The largest absolute Gasteiger partial charge is 0.475 e. The van der Waals surface area contributed by atoms with Gasteiger partial charge in [-0.3, -0.25) is 32.7 Å². The Morgan fingerprint density at radius 2 is 2.06 bits per heavy atom. The van der Waals surface area contributed by atoms with Gasteiger partial charge in [-0.2, -0.15) is 0 Å². The highest BCUT2D eigenvalue weighted by atomic mass is 31.2. The van der Waals surface area contributed by atoms with E-state index in [2.05, 4.69) is 4.98 Å². The summed E-state index contributed by atoms with van der Waals surface area (Å²) in [4.78, 5) is 38.0. The number of nitrogens with one attached hydrogen (secondary N) is 1. The molecule has 33 heavy (non-hydrogen) atoms. The quantitative estimate of drug-likeness (QED) is 0.455. The number of ether oxygens (including phenoxy) is 2. The summed E-state index contributed by atoms with van der Waals surface area (Å²) in [5.74, 6) is -0.531. The number of rotatable bonds is 7. The molecule has 11 nitrogen and oxygen atoms in total. The Morgan fingerprint density at radius 1 is 1.33 bits per heavy atom. The van der Waals surface area contributed by atoms with Gasteiger partial charge in [-0.1, -0.05) is 20.8 Å². The van der Waals surface area contributed by atoms with Crippen LogP contribution in [0.25, 0.3) is 0 Å². The van der Waals surface area contributed by atoms with Crippen molar-refractivity contribution in [1.82, 2.24) is 9.55 Å². The first-order valence-electron chi connectivity index (χ1n) is 11.3. The van der Waals surface area contributed by atoms with Crippen LogP contribution < -0.4 is 11.2 Å². The summed E-state index contributed by atoms with van der Waals surface area (Å²) in [6, 6.07) is 1.23. The number of fused-ring (bicyclic) bond motifs is 1. The Hall–Kier alpha value is -1.78. The van der Waals surface area contributed by atoms with Gasteiger partial charge in [0.1, 0.15) is 24.5 Å². The molecule has 1 N–H and O–H groups in total. The summed E-state index contributed by atoms with van der Waals surface area (Å²) in [6.07, 6.45) is 3.44. The predicted molar refractivity (Wildman–Crippen MR) is 116 cm³/mol. The third kappa shape index (κ3) is 5.33. The van der Waals surface area contributed by atoms with Crippen molar-refractivity contribution in [2.24, 2.45) is 11.3 Å². The number of esters is 1. The first-order valence-corrected chi connectivity index (χ1v) is 12.8. The van der Waals surface area contributed by atoms with Crippen molar-refractivity contribution in [2.75, 3.05) is 13.2 Å². The van der Waals surface area contributed by atoms with Crippen molar-refractivity contribution in [1.29, 1.82) is 0 Å². The zero-order chi connectivity index (χ0) is 23.8. The topological polar surface area (TPSA) is 135 Å². The van der Waals surface area contributed by atoms with Crippen LogP contribution in [0, 0.1) is 11.3 Å². The van der Waals surface area contributed by atoms with Gasteiger partial charge < -0.3 is 9.47 Å². The van der Waals surface area contributed by atoms with E-state index in [0.717, 1.165) is 25.7 Å². The van der Waals surface area contributed by atoms with E-state index in [1.165, 1.54) is 16.8 Å². The van der Waals surface area contributed by atoms with Crippen molar-refractivity contribution >= 4 is 13.8 Å². The normalized spacial score (nSPS) is 32.4. The van der Waals surface area contributed by atoms with Crippen LogP contribution in [0.3, 0.4) is 0 Å². The fraction of sp³-hybridized carbons (Fsp3) is 0.762. The standard InChI is InChI=1S/C21H31N2O9P/c1-13(10-17(25)30-14-6-4-5-7-14)11-28-33(27)29-12-15-18(32-33)21(2,3)19(31-15)23-9-8-16(24)22-20(23)26/h8-9,13-15,18-19H,4-7,10-12H2,1-3H3,(H,22,24,26)/t13?,15-,18-,19-,33+/m1/s1. The highest BCUT2D eigenvalue weighted by molar-refractivity contribution is 7.48. The Labute approximate surface area is 191 Å². The van der Waals surface area contributed by atoms with Gasteiger partial charge >= 0.3 is 19.5 Å². The molecule has 0 bridgehead atoms. The molecule has 3 fully saturated rings. The van der Waals surface area contributed by atoms with E-state index in [1.54, 1.807) is 6.92 Å². The minimum Gasteiger partial charge on any atom is -0.462 e. The van der Waals surface area contributed by atoms with Gasteiger partial charge in [-0.25, -0.2) is 9.36 Å². The summed E-state index contributed by atoms with van der Waals surface area (Å²) in [5.41, 5.74) is -1.91. The maximum atomic E-state index is 13.1. The number of phosphoric acid groups is 1. The zero-order valence-electron chi connectivity index (χ0n) is 19.1. The molecule has 2 saturated heterocycles. The highest BCUT2D eigenvalue weighted by Gasteiger charge is 2.58. The number of carbonyl (C=O) groups is 1. The summed E-state index contributed by atoms with van der Waals surface area (Å²) in [7, 11) is -3.90. The number of H-pyrrole nitrogens is 1. The van der Waals surface area contributed by atoms with E-state index in [1.807, 2.05) is 13.8 Å². The van der Waals surface area contributed by atoms with Gasteiger partial charge in [0.05, 0.1) is 19.6 Å². The van der Waals surface area contributed by atoms with Gasteiger partial charge in [0.2, 0.25) is 0 Å². The smallest absolute Gasteiger partial charge is 0.462 e. The molecule has 1 aromatic heterocycles. The fourth-order valence-corrected chi connectivity index (χ4v) is 6.25. The Bertz CT molecular complexity index is 1030. The molecule has 0 radical (unpaired) electrons. The first-order chi connectivity index (χ1) is 15.6. The van der Waals surface area contributed by atoms with Crippen LogP contribution in [-0.2, 0) is 32.4 Å². The summed E-state index contributed by atoms with van der Waals surface area (Å²) in [5, 5.41) is 0. The van der Waals surface area contributed by atoms with Crippen LogP contribution >= 0.6 is 7.82 Å². The van der Waals surface area contributed by atoms with E-state index in [0.29, 0.717) is 0 Å². The van der Waals surface area contributed by atoms with Crippen LogP contribution in [-0.4, -0.2) is 47.0 Å². The lowest BCUT2D eigenvalue weighted by Gasteiger charge is -2.36. The molecule has 0 spiro atoms. The van der Waals surface area contributed by atoms with Crippen molar-refractivity contribution in [2.45, 2.75) is 77.4 Å². The van der Waals surface area contributed by atoms with Crippen LogP contribution in [0.5, 0.6) is 0 Å². The molecule has 3 aliphatic rings. The lowest BCUT2D eigenvalue weighted by molar-refractivity contribution is -0.150. The molecule has 5 atom stereocenters. The van der Waals surface area contributed by atoms with Gasteiger partial charge in [0.15, 0.2) is 0 Å². The molecule has 4 rings (SSSR count). The molecule has 1 aromatic rings. The second-order valence-corrected chi connectivity index (χ2v) is 11.3. The van der Waals surface area contributed by atoms with E-state index < -0.39 is 42.9 Å². The maximum Gasteiger partial charge on any atom is 0.475 e. The monoisotopic (exact) mass is 486 g/mol. The highest BCUT2D eigenvalue weighted by Crippen LogP contribution is 2.60. The van der Waals surface area contributed by atoms with Crippen molar-refractivity contribution in [3.8, 4) is 0 Å². The van der Waals surface area contributed by atoms with Crippen LogP contribution in [0.1, 0.15) is 59.1 Å². The lowest BCUT2D eigenvalue weighted by Crippen LogP contribution is -2.42. The number of carbonyl (C=O) groups excluding carboxylic acids is 1. The minimum atomic E-state index is -3.90. The van der Waals surface area contributed by atoms with Gasteiger partial charge in [0.25, 0.3) is 5.56 Å². The molecular formula is C21H31N2O9P. The maximum absolute atomic E-state index is 13.1. The minimum absolute atomic E-state index is 0.00146. The van der Waals surface area contributed by atoms with E-state index in [9.17, 15) is 18.9 Å². The van der Waals surface area contributed by atoms with Crippen LogP contribution in [0.2, 0.25) is 0 Å². The van der Waals surface area contributed by atoms with Gasteiger partial charge in [0, 0.05) is 17.7 Å². The third-order valence-corrected chi connectivity index (χ3v) is 7.80. The fourth-order valence-electron chi connectivity index (χ4n) is 4.60. The number of aromatic nitrogens is 2. The molecule has 1 saturated carbocycles. The summed E-state index contributed by atoms with van der Waals surface area (Å²) >= 11 is 0. The van der Waals surface area contributed by atoms with Crippen LogP contribution in [0.4, 0.5) is 0 Å². The van der Waals surface area contributed by atoms with Gasteiger partial charge in [-0.15, -0.1) is 0 Å². The Balaban J connectivity index is 1.35. The first kappa shape index (κ1) is 24.3. The van der Waals surface area contributed by atoms with E-state index >= 15 is 0 Å². The molecule has 0 aromatic carbocycles. The Kier molecular flexibility index (Phi) is 6.98. The Morgan fingerprint density at radius 3 is 2.76 bits per heavy atom. The summed E-state index contributed by atoms with van der Waals surface area (Å²) < 4.78 is 42.5. The molecule has 184 valence electrons. The average molecular weight is 486 g/mol. The van der Waals surface area contributed by atoms with Crippen molar-refractivity contribution < 1.29 is 32.4 Å². The number of aromatic amines is 1. The van der Waals surface area contributed by atoms with Crippen molar-refractivity contribution in [3.05, 3.63) is 33.1 Å². The molecule has 2 aliphatic heterocycles. The average Bonchev–Trinajstić information content (AvgIpc) is 3.33. The number of hydrogen-bond acceptors (Lipinski definition) is 9. The third-order valence-electron chi connectivity index (χ3n) is 6.39. The number of phosphoric ester groups is 1. The predicted octanol–water partition coefficient (Wildman–Crippen LogP) is 2.51. The van der Waals surface area contributed by atoms with Crippen LogP contribution in [0.15, 0.2) is 21.9 Å². The van der Waals surface area contributed by atoms with Crippen molar-refractivity contribution in [3.63, 3.8) is 0 Å². The van der Waals surface area contributed by atoms with E-state index in [-0.39, 0.29) is 37.6 Å². The number of nitrogens with zero attached hydrogens (tertiary/aromatic N) is 1. The lowest BCUT2D eigenvalue weighted by atomic mass is 9.84. The molecule has 0 amide bonds. The van der Waals surface area contributed by atoms with E-state index in [4.69, 9.17) is 23.0 Å². The zero-order valence-corrected chi connectivity index (χ0v) is 20.0.